The molecule has 37 heavy (non-hydrogen) atoms. The molecule has 9 nitrogen and oxygen atoms in total. The molecule has 0 radical (unpaired) electrons. The van der Waals surface area contributed by atoms with Crippen LogP contribution in [0.15, 0.2) is 23.6 Å². The first kappa shape index (κ1) is 27.8. The Kier molecular flexibility index (Phi) is 9.07. The third-order valence-corrected chi connectivity index (χ3v) is 7.55. The number of carbonyl (C=O) groups is 3. The van der Waals surface area contributed by atoms with Crippen molar-refractivity contribution in [3.8, 4) is 0 Å². The summed E-state index contributed by atoms with van der Waals surface area (Å²) in [6, 6.07) is 4.64. The van der Waals surface area contributed by atoms with E-state index in [1.54, 1.807) is 22.4 Å². The predicted molar refractivity (Wildman–Crippen MR) is 142 cm³/mol. The summed E-state index contributed by atoms with van der Waals surface area (Å²) in [5.41, 5.74) is 0.867. The number of rotatable bonds is 8. The lowest BCUT2D eigenvalue weighted by Crippen LogP contribution is -2.47. The number of piperidine rings is 1. The molecule has 12 heteroatoms. The number of hydrogen-bond acceptors (Lipinski definition) is 7. The molecule has 0 atom stereocenters. The topological polar surface area (TPSA) is 101 Å². The molecule has 2 saturated heterocycles. The first-order valence-corrected chi connectivity index (χ1v) is 13.8. The van der Waals surface area contributed by atoms with Gasteiger partial charge in [0.2, 0.25) is 11.8 Å². The molecule has 1 aromatic carbocycles. The molecule has 0 saturated carbocycles. The van der Waals surface area contributed by atoms with Crippen molar-refractivity contribution < 1.29 is 23.9 Å². The van der Waals surface area contributed by atoms with E-state index < -0.39 is 5.79 Å². The molecule has 3 amide bonds. The van der Waals surface area contributed by atoms with Gasteiger partial charge in [-0.2, -0.15) is 0 Å². The van der Waals surface area contributed by atoms with Crippen LogP contribution < -0.4 is 5.32 Å². The van der Waals surface area contributed by atoms with Crippen LogP contribution >= 0.6 is 34.5 Å². The summed E-state index contributed by atoms with van der Waals surface area (Å²) in [4.78, 5) is 46.3. The standard InChI is InChI=1S/C25H30Cl2N4O5S/c1-16(2)13-31(23(34)19-4-3-17(26)11-20(19)27)14-21(32)29-24-28-18(15-37-24)12-22(33)30-7-5-25(6-8-30)35-9-10-36-25/h3-4,11,15-16H,5-10,12-14H2,1-2H3,(H,28,29,32). The number of likely N-dealkylation sites (tertiary alicyclic amines) is 1. The average Bonchev–Trinajstić information content (AvgIpc) is 3.48. The smallest absolute Gasteiger partial charge is 0.255 e. The van der Waals surface area contributed by atoms with E-state index in [0.717, 1.165) is 0 Å². The Morgan fingerprint density at radius 2 is 1.89 bits per heavy atom. The summed E-state index contributed by atoms with van der Waals surface area (Å²) in [5.74, 6) is -1.16. The Morgan fingerprint density at radius 1 is 1.19 bits per heavy atom. The minimum atomic E-state index is -0.529. The van der Waals surface area contributed by atoms with Gasteiger partial charge in [0.1, 0.15) is 6.54 Å². The van der Waals surface area contributed by atoms with Gasteiger partial charge in [0.25, 0.3) is 5.91 Å². The third-order valence-electron chi connectivity index (χ3n) is 6.19. The molecule has 2 aromatic rings. The third kappa shape index (κ3) is 7.20. The van der Waals surface area contributed by atoms with E-state index in [1.807, 2.05) is 13.8 Å². The van der Waals surface area contributed by atoms with Gasteiger partial charge in [-0.1, -0.05) is 37.0 Å². The molecule has 1 N–H and O–H groups in total. The number of halogens is 2. The summed E-state index contributed by atoms with van der Waals surface area (Å²) >= 11 is 13.4. The number of amides is 3. The number of nitrogens with one attached hydrogen (secondary N) is 1. The number of thiazole rings is 1. The van der Waals surface area contributed by atoms with Crippen molar-refractivity contribution in [1.29, 1.82) is 0 Å². The zero-order valence-electron chi connectivity index (χ0n) is 20.8. The lowest BCUT2D eigenvalue weighted by molar-refractivity contribution is -0.187. The number of ether oxygens (including phenoxy) is 2. The normalized spacial score (nSPS) is 16.8. The summed E-state index contributed by atoms with van der Waals surface area (Å²) < 4.78 is 11.4. The first-order chi connectivity index (χ1) is 17.6. The maximum atomic E-state index is 13.1. The van der Waals surface area contributed by atoms with Gasteiger partial charge in [-0.15, -0.1) is 11.3 Å². The van der Waals surface area contributed by atoms with Crippen LogP contribution in [0.4, 0.5) is 5.13 Å². The minimum absolute atomic E-state index is 0.0235. The Balaban J connectivity index is 1.31. The lowest BCUT2D eigenvalue weighted by Gasteiger charge is -2.37. The van der Waals surface area contributed by atoms with Crippen LogP contribution in [-0.2, 0) is 25.5 Å². The van der Waals surface area contributed by atoms with Crippen molar-refractivity contribution in [2.45, 2.75) is 38.9 Å². The number of benzene rings is 1. The van der Waals surface area contributed by atoms with Crippen LogP contribution in [-0.4, -0.2) is 77.7 Å². The SMILES string of the molecule is CC(C)CN(CC(=O)Nc1nc(CC(=O)N2CCC3(CC2)OCCO3)cs1)C(=O)c1ccc(Cl)cc1Cl. The van der Waals surface area contributed by atoms with Crippen LogP contribution in [0.2, 0.25) is 10.0 Å². The van der Waals surface area contributed by atoms with E-state index >= 15 is 0 Å². The minimum Gasteiger partial charge on any atom is -0.347 e. The van der Waals surface area contributed by atoms with Gasteiger partial charge < -0.3 is 24.6 Å². The van der Waals surface area contributed by atoms with Crippen LogP contribution in [0.5, 0.6) is 0 Å². The highest BCUT2D eigenvalue weighted by Crippen LogP contribution is 2.31. The first-order valence-electron chi connectivity index (χ1n) is 12.2. The molecule has 0 bridgehead atoms. The molecule has 1 spiro atoms. The molecule has 2 aliphatic heterocycles. The van der Waals surface area contributed by atoms with Crippen molar-refractivity contribution in [2.75, 3.05) is 44.7 Å². The van der Waals surface area contributed by atoms with Crippen LogP contribution in [0.25, 0.3) is 0 Å². The van der Waals surface area contributed by atoms with Gasteiger partial charge in [0.05, 0.1) is 35.9 Å². The van der Waals surface area contributed by atoms with Gasteiger partial charge in [0.15, 0.2) is 10.9 Å². The zero-order valence-corrected chi connectivity index (χ0v) is 23.1. The Morgan fingerprint density at radius 3 is 2.54 bits per heavy atom. The van der Waals surface area contributed by atoms with Crippen molar-refractivity contribution >= 4 is 57.4 Å². The molecule has 1 aromatic heterocycles. The van der Waals surface area contributed by atoms with Crippen molar-refractivity contribution in [3.63, 3.8) is 0 Å². The second-order valence-corrected chi connectivity index (χ2v) is 11.3. The van der Waals surface area contributed by atoms with Crippen LogP contribution in [0.1, 0.15) is 42.7 Å². The predicted octanol–water partition coefficient (Wildman–Crippen LogP) is 4.09. The Labute approximate surface area is 230 Å². The van der Waals surface area contributed by atoms with E-state index in [9.17, 15) is 14.4 Å². The fourth-order valence-electron chi connectivity index (χ4n) is 4.42. The summed E-state index contributed by atoms with van der Waals surface area (Å²) in [6.45, 7) is 6.47. The zero-order chi connectivity index (χ0) is 26.6. The van der Waals surface area contributed by atoms with Crippen LogP contribution in [0, 0.1) is 5.92 Å². The second-order valence-electron chi connectivity index (χ2n) is 9.56. The number of anilines is 1. The molecule has 2 fully saturated rings. The largest absolute Gasteiger partial charge is 0.347 e. The summed E-state index contributed by atoms with van der Waals surface area (Å²) in [6.07, 6.45) is 1.46. The molecule has 3 heterocycles. The molecule has 0 unspecified atom stereocenters. The van der Waals surface area contributed by atoms with Crippen molar-refractivity contribution in [2.24, 2.45) is 5.92 Å². The number of hydrogen-bond donors (Lipinski definition) is 1. The monoisotopic (exact) mass is 568 g/mol. The second kappa shape index (κ2) is 12.1. The molecule has 2 aliphatic rings. The molecule has 0 aliphatic carbocycles. The fourth-order valence-corrected chi connectivity index (χ4v) is 5.64. The molecule has 4 rings (SSSR count). The maximum Gasteiger partial charge on any atom is 0.255 e. The number of aromatic nitrogens is 1. The highest BCUT2D eigenvalue weighted by Gasteiger charge is 2.40. The van der Waals surface area contributed by atoms with E-state index in [1.165, 1.54) is 22.3 Å². The molecular formula is C25H30Cl2N4O5S. The fraction of sp³-hybridized carbons (Fsp3) is 0.520. The van der Waals surface area contributed by atoms with E-state index in [-0.39, 0.29) is 47.2 Å². The highest BCUT2D eigenvalue weighted by atomic mass is 35.5. The Hall–Kier alpha value is -2.24. The quantitative estimate of drug-likeness (QED) is 0.514. The van der Waals surface area contributed by atoms with Crippen molar-refractivity contribution in [3.05, 3.63) is 44.9 Å². The van der Waals surface area contributed by atoms with E-state index in [0.29, 0.717) is 61.5 Å². The maximum absolute atomic E-state index is 13.1. The van der Waals surface area contributed by atoms with E-state index in [2.05, 4.69) is 10.3 Å². The molecule has 200 valence electrons. The summed E-state index contributed by atoms with van der Waals surface area (Å²) in [7, 11) is 0. The van der Waals surface area contributed by atoms with Gasteiger partial charge >= 0.3 is 0 Å². The van der Waals surface area contributed by atoms with Gasteiger partial charge in [-0.3, -0.25) is 14.4 Å². The number of carbonyl (C=O) groups excluding carboxylic acids is 3. The Bertz CT molecular complexity index is 1140. The van der Waals surface area contributed by atoms with Gasteiger partial charge in [-0.05, 0) is 24.1 Å². The van der Waals surface area contributed by atoms with E-state index in [4.69, 9.17) is 32.7 Å². The number of nitrogens with zero attached hydrogens (tertiary/aromatic N) is 3. The lowest BCUT2D eigenvalue weighted by atomic mass is 10.0. The van der Waals surface area contributed by atoms with Crippen molar-refractivity contribution in [1.82, 2.24) is 14.8 Å². The van der Waals surface area contributed by atoms with Crippen LogP contribution in [0.3, 0.4) is 0 Å². The van der Waals surface area contributed by atoms with Gasteiger partial charge in [-0.25, -0.2) is 4.98 Å². The molecular weight excluding hydrogens is 539 g/mol. The average molecular weight is 570 g/mol. The highest BCUT2D eigenvalue weighted by molar-refractivity contribution is 7.13. The summed E-state index contributed by atoms with van der Waals surface area (Å²) in [5, 5.41) is 5.53. The van der Waals surface area contributed by atoms with Gasteiger partial charge in [0, 0.05) is 42.9 Å².